The van der Waals surface area contributed by atoms with Crippen LogP contribution >= 0.6 is 0 Å². The predicted octanol–water partition coefficient (Wildman–Crippen LogP) is 2.67. The van der Waals surface area contributed by atoms with Crippen LogP contribution in [0.5, 0.6) is 0 Å². The van der Waals surface area contributed by atoms with Crippen LogP contribution < -0.4 is 0 Å². The predicted molar refractivity (Wildman–Crippen MR) is 78.2 cm³/mol. The van der Waals surface area contributed by atoms with E-state index in [9.17, 15) is 5.11 Å². The molecule has 0 spiro atoms. The van der Waals surface area contributed by atoms with Gasteiger partial charge in [-0.15, -0.1) is 0 Å². The van der Waals surface area contributed by atoms with Crippen LogP contribution in [0.2, 0.25) is 0 Å². The Labute approximate surface area is 118 Å². The molecular formula is C16H31NO2. The highest BCUT2D eigenvalue weighted by atomic mass is 16.5. The van der Waals surface area contributed by atoms with Crippen molar-refractivity contribution >= 4 is 0 Å². The molecule has 3 heteroatoms. The maximum Gasteiger partial charge on any atom is 0.0702 e. The standard InChI is InChI=1S/C16H31NO2/c1-4-17(12-14-6-5-9-19-14)11-13-10-16(2,3)8-7-15(13)18/h13-15,18H,4-12H2,1-3H3. The Morgan fingerprint density at radius 1 is 1.26 bits per heavy atom. The van der Waals surface area contributed by atoms with Crippen molar-refractivity contribution in [3.8, 4) is 0 Å². The van der Waals surface area contributed by atoms with Gasteiger partial charge in [0.2, 0.25) is 0 Å². The van der Waals surface area contributed by atoms with E-state index in [1.807, 2.05) is 0 Å². The van der Waals surface area contributed by atoms with Crippen LogP contribution in [-0.2, 0) is 4.74 Å². The summed E-state index contributed by atoms with van der Waals surface area (Å²) in [5.74, 6) is 0.435. The minimum absolute atomic E-state index is 0.105. The summed E-state index contributed by atoms with van der Waals surface area (Å²) in [7, 11) is 0. The van der Waals surface area contributed by atoms with E-state index in [2.05, 4.69) is 25.7 Å². The molecule has 0 amide bonds. The fraction of sp³-hybridized carbons (Fsp3) is 1.00. The van der Waals surface area contributed by atoms with Gasteiger partial charge >= 0.3 is 0 Å². The third kappa shape index (κ3) is 4.44. The van der Waals surface area contributed by atoms with Crippen LogP contribution in [-0.4, -0.2) is 48.5 Å². The van der Waals surface area contributed by atoms with Crippen molar-refractivity contribution < 1.29 is 9.84 Å². The van der Waals surface area contributed by atoms with Gasteiger partial charge in [0.15, 0.2) is 0 Å². The van der Waals surface area contributed by atoms with Crippen LogP contribution in [0, 0.1) is 11.3 Å². The molecule has 3 nitrogen and oxygen atoms in total. The number of nitrogens with zero attached hydrogens (tertiary/aromatic N) is 1. The highest BCUT2D eigenvalue weighted by Crippen LogP contribution is 2.39. The Balaban J connectivity index is 1.85. The summed E-state index contributed by atoms with van der Waals surface area (Å²) in [6, 6.07) is 0. The molecule has 1 saturated carbocycles. The van der Waals surface area contributed by atoms with Crippen LogP contribution in [0.15, 0.2) is 0 Å². The van der Waals surface area contributed by atoms with Gasteiger partial charge in [0.25, 0.3) is 0 Å². The summed E-state index contributed by atoms with van der Waals surface area (Å²) in [6.07, 6.45) is 6.00. The third-order valence-electron chi connectivity index (χ3n) is 4.90. The SMILES string of the molecule is CCN(CC1CCCO1)CC1CC(C)(C)CCC1O. The number of hydrogen-bond donors (Lipinski definition) is 1. The second-order valence-electron chi connectivity index (χ2n) is 7.22. The average molecular weight is 269 g/mol. The lowest BCUT2D eigenvalue weighted by Crippen LogP contribution is -2.43. The summed E-state index contributed by atoms with van der Waals surface area (Å²) in [6.45, 7) is 11.0. The largest absolute Gasteiger partial charge is 0.393 e. The number of aliphatic hydroxyl groups excluding tert-OH is 1. The molecule has 3 atom stereocenters. The molecule has 0 aromatic heterocycles. The lowest BCUT2D eigenvalue weighted by molar-refractivity contribution is -0.00436. The maximum atomic E-state index is 10.2. The van der Waals surface area contributed by atoms with Gasteiger partial charge in [-0.3, -0.25) is 0 Å². The van der Waals surface area contributed by atoms with E-state index in [0.29, 0.717) is 17.4 Å². The van der Waals surface area contributed by atoms with E-state index in [4.69, 9.17) is 4.74 Å². The molecule has 0 aromatic rings. The van der Waals surface area contributed by atoms with Crippen molar-refractivity contribution in [2.75, 3.05) is 26.2 Å². The number of aliphatic hydroxyl groups is 1. The van der Waals surface area contributed by atoms with Crippen molar-refractivity contribution in [1.82, 2.24) is 4.90 Å². The summed E-state index contributed by atoms with van der Waals surface area (Å²) < 4.78 is 5.74. The molecule has 2 aliphatic rings. The van der Waals surface area contributed by atoms with Gasteiger partial charge in [-0.25, -0.2) is 0 Å². The van der Waals surface area contributed by atoms with E-state index >= 15 is 0 Å². The van der Waals surface area contributed by atoms with E-state index in [1.165, 1.54) is 12.8 Å². The van der Waals surface area contributed by atoms with Crippen LogP contribution in [0.4, 0.5) is 0 Å². The minimum atomic E-state index is -0.105. The third-order valence-corrected chi connectivity index (χ3v) is 4.90. The molecule has 0 aromatic carbocycles. The van der Waals surface area contributed by atoms with Crippen LogP contribution in [0.1, 0.15) is 52.9 Å². The fourth-order valence-corrected chi connectivity index (χ4v) is 3.65. The highest BCUT2D eigenvalue weighted by Gasteiger charge is 2.34. The Bertz CT molecular complexity index is 274. The molecule has 1 heterocycles. The lowest BCUT2D eigenvalue weighted by Gasteiger charge is -2.40. The highest BCUT2D eigenvalue weighted by molar-refractivity contribution is 4.86. The molecule has 1 N–H and O–H groups in total. The summed E-state index contributed by atoms with van der Waals surface area (Å²) in [4.78, 5) is 2.48. The number of rotatable bonds is 5. The first-order valence-electron chi connectivity index (χ1n) is 8.02. The summed E-state index contributed by atoms with van der Waals surface area (Å²) >= 11 is 0. The van der Waals surface area contributed by atoms with Crippen molar-refractivity contribution in [2.24, 2.45) is 11.3 Å². The molecule has 0 bridgehead atoms. The first-order chi connectivity index (χ1) is 9.00. The Hall–Kier alpha value is -0.120. The molecule has 0 radical (unpaired) electrons. The van der Waals surface area contributed by atoms with Gasteiger partial charge in [-0.05, 0) is 50.0 Å². The average Bonchev–Trinajstić information content (AvgIpc) is 2.85. The van der Waals surface area contributed by atoms with Gasteiger partial charge in [0.1, 0.15) is 0 Å². The first-order valence-corrected chi connectivity index (χ1v) is 8.02. The Morgan fingerprint density at radius 2 is 2.05 bits per heavy atom. The maximum absolute atomic E-state index is 10.2. The molecule has 3 unspecified atom stereocenters. The Morgan fingerprint density at radius 3 is 2.68 bits per heavy atom. The minimum Gasteiger partial charge on any atom is -0.393 e. The van der Waals surface area contributed by atoms with E-state index < -0.39 is 0 Å². The zero-order valence-electron chi connectivity index (χ0n) is 12.9. The van der Waals surface area contributed by atoms with E-state index in [-0.39, 0.29) is 6.10 Å². The summed E-state index contributed by atoms with van der Waals surface area (Å²) in [5.41, 5.74) is 0.396. The van der Waals surface area contributed by atoms with Crippen molar-refractivity contribution in [3.63, 3.8) is 0 Å². The molecular weight excluding hydrogens is 238 g/mol. The number of hydrogen-bond acceptors (Lipinski definition) is 3. The lowest BCUT2D eigenvalue weighted by atomic mass is 9.70. The number of ether oxygens (including phenoxy) is 1. The zero-order chi connectivity index (χ0) is 13.9. The summed E-state index contributed by atoms with van der Waals surface area (Å²) in [5, 5.41) is 10.2. The molecule has 2 rings (SSSR count). The molecule has 112 valence electrons. The topological polar surface area (TPSA) is 32.7 Å². The van der Waals surface area contributed by atoms with Crippen molar-refractivity contribution in [2.45, 2.75) is 65.1 Å². The van der Waals surface area contributed by atoms with E-state index in [0.717, 1.165) is 45.5 Å². The Kier molecular flexibility index (Phi) is 5.27. The molecule has 2 fully saturated rings. The van der Waals surface area contributed by atoms with E-state index in [1.54, 1.807) is 0 Å². The van der Waals surface area contributed by atoms with Crippen LogP contribution in [0.25, 0.3) is 0 Å². The first kappa shape index (κ1) is 15.3. The zero-order valence-corrected chi connectivity index (χ0v) is 12.9. The molecule has 1 saturated heterocycles. The monoisotopic (exact) mass is 269 g/mol. The number of likely N-dealkylation sites (N-methyl/N-ethyl adjacent to an activating group) is 1. The van der Waals surface area contributed by atoms with Crippen molar-refractivity contribution in [1.29, 1.82) is 0 Å². The molecule has 1 aliphatic heterocycles. The van der Waals surface area contributed by atoms with Gasteiger partial charge < -0.3 is 14.7 Å². The van der Waals surface area contributed by atoms with Crippen LogP contribution in [0.3, 0.4) is 0 Å². The normalized spacial score (nSPS) is 34.9. The molecule has 1 aliphatic carbocycles. The van der Waals surface area contributed by atoms with Gasteiger partial charge in [0.05, 0.1) is 12.2 Å². The second kappa shape index (κ2) is 6.55. The smallest absolute Gasteiger partial charge is 0.0702 e. The van der Waals surface area contributed by atoms with Gasteiger partial charge in [0, 0.05) is 19.7 Å². The van der Waals surface area contributed by atoms with Crippen molar-refractivity contribution in [3.05, 3.63) is 0 Å². The van der Waals surface area contributed by atoms with Gasteiger partial charge in [-0.2, -0.15) is 0 Å². The molecule has 19 heavy (non-hydrogen) atoms. The fourth-order valence-electron chi connectivity index (χ4n) is 3.65. The quantitative estimate of drug-likeness (QED) is 0.833. The second-order valence-corrected chi connectivity index (χ2v) is 7.22. The van der Waals surface area contributed by atoms with Gasteiger partial charge in [-0.1, -0.05) is 20.8 Å².